The van der Waals surface area contributed by atoms with Gasteiger partial charge in [0.15, 0.2) is 0 Å². The molecule has 1 aromatic carbocycles. The Morgan fingerprint density at radius 1 is 1.24 bits per heavy atom. The second-order valence-electron chi connectivity index (χ2n) is 5.63. The Labute approximate surface area is 124 Å². The Bertz CT molecular complexity index is 415. The van der Waals surface area contributed by atoms with E-state index >= 15 is 0 Å². The lowest BCUT2D eigenvalue weighted by Gasteiger charge is -2.26. The summed E-state index contributed by atoms with van der Waals surface area (Å²) in [6, 6.07) is 10.2. The lowest BCUT2D eigenvalue weighted by Crippen LogP contribution is -2.38. The van der Waals surface area contributed by atoms with Crippen LogP contribution in [0.4, 0.5) is 13.2 Å². The Morgan fingerprint density at radius 2 is 1.90 bits per heavy atom. The molecule has 21 heavy (non-hydrogen) atoms. The Balaban J connectivity index is 1.93. The first kappa shape index (κ1) is 16.3. The van der Waals surface area contributed by atoms with Gasteiger partial charge in [-0.3, -0.25) is 4.90 Å². The van der Waals surface area contributed by atoms with Crippen LogP contribution in [-0.2, 0) is 0 Å². The number of benzene rings is 1. The van der Waals surface area contributed by atoms with Crippen LogP contribution in [-0.4, -0.2) is 36.8 Å². The van der Waals surface area contributed by atoms with Gasteiger partial charge < -0.3 is 5.32 Å². The minimum absolute atomic E-state index is 0.116. The third kappa shape index (κ3) is 5.67. The third-order valence-corrected chi connectivity index (χ3v) is 3.80. The molecule has 1 saturated carbocycles. The summed E-state index contributed by atoms with van der Waals surface area (Å²) in [5.74, 6) is 0. The fourth-order valence-corrected chi connectivity index (χ4v) is 2.67. The Hall–Kier alpha value is -1.07. The summed E-state index contributed by atoms with van der Waals surface area (Å²) in [6.07, 6.45) is -1.62. The van der Waals surface area contributed by atoms with Crippen molar-refractivity contribution in [3.63, 3.8) is 0 Å². The van der Waals surface area contributed by atoms with E-state index in [0.29, 0.717) is 13.0 Å². The van der Waals surface area contributed by atoms with Crippen molar-refractivity contribution in [1.82, 2.24) is 10.2 Å². The van der Waals surface area contributed by atoms with Crippen molar-refractivity contribution < 1.29 is 13.2 Å². The molecule has 1 aliphatic rings. The standard InChI is InChI=1S/C16H23F3N2/c1-2-20-15(13-6-4-3-5-7-13)10-11-21(14-8-9-14)12-16(17,18)19/h3-7,14-15,20H,2,8-12H2,1H3. The largest absolute Gasteiger partial charge is 0.401 e. The highest BCUT2D eigenvalue weighted by Gasteiger charge is 2.37. The van der Waals surface area contributed by atoms with Crippen molar-refractivity contribution in [2.24, 2.45) is 0 Å². The van der Waals surface area contributed by atoms with Gasteiger partial charge in [-0.15, -0.1) is 0 Å². The molecule has 0 radical (unpaired) electrons. The van der Waals surface area contributed by atoms with E-state index in [0.717, 1.165) is 24.9 Å². The summed E-state index contributed by atoms with van der Waals surface area (Å²) in [5.41, 5.74) is 1.14. The predicted octanol–water partition coefficient (Wildman–Crippen LogP) is 3.75. The van der Waals surface area contributed by atoms with Gasteiger partial charge in [0.25, 0.3) is 0 Å². The Morgan fingerprint density at radius 3 is 2.43 bits per heavy atom. The van der Waals surface area contributed by atoms with E-state index in [1.54, 1.807) is 4.90 Å². The summed E-state index contributed by atoms with van der Waals surface area (Å²) in [6.45, 7) is 2.52. The van der Waals surface area contributed by atoms with Crippen molar-refractivity contribution in [2.75, 3.05) is 19.6 Å². The average Bonchev–Trinajstić information content (AvgIpc) is 3.26. The van der Waals surface area contributed by atoms with Crippen LogP contribution in [0.3, 0.4) is 0 Å². The fourth-order valence-electron chi connectivity index (χ4n) is 2.67. The van der Waals surface area contributed by atoms with E-state index in [1.807, 2.05) is 37.3 Å². The zero-order chi connectivity index (χ0) is 15.3. The molecule has 0 heterocycles. The predicted molar refractivity (Wildman–Crippen MR) is 78.1 cm³/mol. The van der Waals surface area contributed by atoms with E-state index in [9.17, 15) is 13.2 Å². The van der Waals surface area contributed by atoms with Crippen molar-refractivity contribution in [3.05, 3.63) is 35.9 Å². The van der Waals surface area contributed by atoms with Gasteiger partial charge in [0.2, 0.25) is 0 Å². The molecular formula is C16H23F3N2. The second kappa shape index (κ2) is 7.27. The van der Waals surface area contributed by atoms with Gasteiger partial charge in [-0.25, -0.2) is 0 Å². The molecule has 1 atom stereocenters. The summed E-state index contributed by atoms with van der Waals surface area (Å²) >= 11 is 0. The van der Waals surface area contributed by atoms with Gasteiger partial charge >= 0.3 is 6.18 Å². The van der Waals surface area contributed by atoms with Crippen LogP contribution in [0.5, 0.6) is 0 Å². The number of rotatable bonds is 8. The van der Waals surface area contributed by atoms with Crippen molar-refractivity contribution >= 4 is 0 Å². The van der Waals surface area contributed by atoms with E-state index in [1.165, 1.54) is 0 Å². The summed E-state index contributed by atoms with van der Waals surface area (Å²) in [4.78, 5) is 1.59. The molecule has 1 unspecified atom stereocenters. The molecule has 0 saturated heterocycles. The minimum Gasteiger partial charge on any atom is -0.310 e. The highest BCUT2D eigenvalue weighted by molar-refractivity contribution is 5.18. The minimum atomic E-state index is -4.11. The monoisotopic (exact) mass is 300 g/mol. The Kier molecular flexibility index (Phi) is 5.65. The zero-order valence-electron chi connectivity index (χ0n) is 12.4. The van der Waals surface area contributed by atoms with Crippen molar-refractivity contribution in [3.8, 4) is 0 Å². The maximum absolute atomic E-state index is 12.6. The number of hydrogen-bond donors (Lipinski definition) is 1. The molecule has 0 aromatic heterocycles. The van der Waals surface area contributed by atoms with E-state index in [2.05, 4.69) is 5.32 Å². The van der Waals surface area contributed by atoms with E-state index < -0.39 is 12.7 Å². The number of hydrogen-bond acceptors (Lipinski definition) is 2. The first-order valence-electron chi connectivity index (χ1n) is 7.58. The van der Waals surface area contributed by atoms with Crippen LogP contribution in [0.25, 0.3) is 0 Å². The molecule has 1 N–H and O–H groups in total. The highest BCUT2D eigenvalue weighted by Crippen LogP contribution is 2.31. The van der Waals surface area contributed by atoms with E-state index in [-0.39, 0.29) is 12.1 Å². The topological polar surface area (TPSA) is 15.3 Å². The number of nitrogens with one attached hydrogen (secondary N) is 1. The molecule has 118 valence electrons. The van der Waals surface area contributed by atoms with E-state index in [4.69, 9.17) is 0 Å². The molecule has 0 spiro atoms. The van der Waals surface area contributed by atoms with Crippen LogP contribution in [0.1, 0.15) is 37.8 Å². The smallest absolute Gasteiger partial charge is 0.310 e. The molecule has 2 rings (SSSR count). The molecular weight excluding hydrogens is 277 g/mol. The molecule has 1 aliphatic carbocycles. The third-order valence-electron chi connectivity index (χ3n) is 3.80. The number of halogens is 3. The van der Waals surface area contributed by atoms with Gasteiger partial charge in [-0.1, -0.05) is 37.3 Å². The van der Waals surface area contributed by atoms with Crippen LogP contribution >= 0.6 is 0 Å². The molecule has 0 bridgehead atoms. The SMILES string of the molecule is CCNC(CCN(CC(F)(F)F)C1CC1)c1ccccc1. The molecule has 0 amide bonds. The zero-order valence-corrected chi connectivity index (χ0v) is 12.4. The maximum Gasteiger partial charge on any atom is 0.401 e. The van der Waals surface area contributed by atoms with Crippen LogP contribution in [0.15, 0.2) is 30.3 Å². The molecule has 5 heteroatoms. The summed E-state index contributed by atoms with van der Waals surface area (Å²) < 4.78 is 37.9. The lowest BCUT2D eigenvalue weighted by molar-refractivity contribution is -0.147. The molecule has 0 aliphatic heterocycles. The quantitative estimate of drug-likeness (QED) is 0.786. The molecule has 1 aromatic rings. The van der Waals surface area contributed by atoms with Gasteiger partial charge in [0.1, 0.15) is 0 Å². The van der Waals surface area contributed by atoms with Crippen molar-refractivity contribution in [1.29, 1.82) is 0 Å². The second-order valence-corrected chi connectivity index (χ2v) is 5.63. The van der Waals surface area contributed by atoms with Crippen LogP contribution in [0.2, 0.25) is 0 Å². The number of nitrogens with zero attached hydrogens (tertiary/aromatic N) is 1. The lowest BCUT2D eigenvalue weighted by atomic mass is 10.0. The normalized spacial score (nSPS) is 17.2. The van der Waals surface area contributed by atoms with Crippen LogP contribution in [0, 0.1) is 0 Å². The van der Waals surface area contributed by atoms with Gasteiger partial charge in [-0.2, -0.15) is 13.2 Å². The first-order chi connectivity index (χ1) is 9.99. The van der Waals surface area contributed by atoms with Gasteiger partial charge in [0, 0.05) is 18.6 Å². The fraction of sp³-hybridized carbons (Fsp3) is 0.625. The summed E-state index contributed by atoms with van der Waals surface area (Å²) in [5, 5.41) is 3.37. The van der Waals surface area contributed by atoms with Gasteiger partial charge in [-0.05, 0) is 31.4 Å². The van der Waals surface area contributed by atoms with Gasteiger partial charge in [0.05, 0.1) is 6.54 Å². The molecule has 1 fully saturated rings. The summed E-state index contributed by atoms with van der Waals surface area (Å²) in [7, 11) is 0. The average molecular weight is 300 g/mol. The molecule has 2 nitrogen and oxygen atoms in total. The van der Waals surface area contributed by atoms with Crippen LogP contribution < -0.4 is 5.32 Å². The highest BCUT2D eigenvalue weighted by atomic mass is 19.4. The van der Waals surface area contributed by atoms with Crippen molar-refractivity contribution in [2.45, 2.75) is 44.4 Å². The maximum atomic E-state index is 12.6. The first-order valence-corrected chi connectivity index (χ1v) is 7.58. The number of alkyl halides is 3.